The zero-order chi connectivity index (χ0) is 25.7. The number of hydrogen-bond donors (Lipinski definition) is 3. The monoisotopic (exact) mass is 490 g/mol. The van der Waals surface area contributed by atoms with Crippen LogP contribution in [0, 0.1) is 23.1 Å². The van der Waals surface area contributed by atoms with E-state index in [1.54, 1.807) is 0 Å². The predicted octanol–water partition coefficient (Wildman–Crippen LogP) is 4.32. The van der Waals surface area contributed by atoms with E-state index in [4.69, 9.17) is 5.73 Å². The number of nitrogens with one attached hydrogen (secondary N) is 1. The Balaban J connectivity index is 1.58. The summed E-state index contributed by atoms with van der Waals surface area (Å²) in [5.41, 5.74) is 7.35. The van der Waals surface area contributed by atoms with E-state index in [-0.39, 0.29) is 17.9 Å². The maximum absolute atomic E-state index is 13.3. The highest BCUT2D eigenvalue weighted by Crippen LogP contribution is 2.36. The molecule has 10 heteroatoms. The van der Waals surface area contributed by atoms with Crippen LogP contribution in [0.5, 0.6) is 0 Å². The first-order chi connectivity index (χ1) is 17.4. The molecule has 1 aliphatic rings. The standard InChI is InChI=1S/C26H27FN6O3/c27-18-9-11-19(12-10-18)30-25-21(24(29)34)16-33(31-25)23-13-14-32(26(35)36)22(20(23)15-28)8-4-7-17-5-2-1-3-6-17/h1-3,5-6,9-12,16,20,22-23H,4,7-8,13-14H2,(H2,29,34)(H,30,31)(H,35,36). The molecule has 1 fully saturated rings. The van der Waals surface area contributed by atoms with Gasteiger partial charge in [0, 0.05) is 18.4 Å². The molecule has 2 aromatic carbocycles. The van der Waals surface area contributed by atoms with E-state index in [0.29, 0.717) is 24.9 Å². The van der Waals surface area contributed by atoms with Gasteiger partial charge in [-0.15, -0.1) is 0 Å². The lowest BCUT2D eigenvalue weighted by Crippen LogP contribution is -2.51. The summed E-state index contributed by atoms with van der Waals surface area (Å²) in [6, 6.07) is 16.8. The summed E-state index contributed by atoms with van der Waals surface area (Å²) in [5, 5.41) is 27.4. The minimum absolute atomic E-state index is 0.123. The molecule has 0 spiro atoms. The van der Waals surface area contributed by atoms with Crippen LogP contribution in [0.15, 0.2) is 60.8 Å². The van der Waals surface area contributed by atoms with E-state index >= 15 is 0 Å². The summed E-state index contributed by atoms with van der Waals surface area (Å²) in [4.78, 5) is 25.4. The molecule has 3 aromatic rings. The number of aryl methyl sites for hydroxylation is 1. The van der Waals surface area contributed by atoms with Gasteiger partial charge in [0.1, 0.15) is 11.4 Å². The van der Waals surface area contributed by atoms with E-state index in [1.165, 1.54) is 40.0 Å². The van der Waals surface area contributed by atoms with Gasteiger partial charge in [0.05, 0.1) is 24.1 Å². The molecule has 36 heavy (non-hydrogen) atoms. The van der Waals surface area contributed by atoms with Gasteiger partial charge in [-0.25, -0.2) is 9.18 Å². The molecule has 0 radical (unpaired) electrons. The van der Waals surface area contributed by atoms with Crippen molar-refractivity contribution in [3.8, 4) is 6.07 Å². The number of piperidine rings is 1. The topological polar surface area (TPSA) is 137 Å². The van der Waals surface area contributed by atoms with Crippen LogP contribution in [0.3, 0.4) is 0 Å². The fourth-order valence-corrected chi connectivity index (χ4v) is 4.77. The van der Waals surface area contributed by atoms with E-state index in [1.807, 2.05) is 30.3 Å². The van der Waals surface area contributed by atoms with Crippen molar-refractivity contribution < 1.29 is 19.1 Å². The third-order valence-corrected chi connectivity index (χ3v) is 6.54. The predicted molar refractivity (Wildman–Crippen MR) is 131 cm³/mol. The molecule has 2 amide bonds. The molecule has 0 aliphatic carbocycles. The van der Waals surface area contributed by atoms with Gasteiger partial charge in [-0.2, -0.15) is 10.4 Å². The van der Waals surface area contributed by atoms with E-state index < -0.39 is 35.8 Å². The molecule has 186 valence electrons. The Morgan fingerprint density at radius 1 is 1.19 bits per heavy atom. The van der Waals surface area contributed by atoms with Crippen molar-refractivity contribution in [2.75, 3.05) is 11.9 Å². The molecule has 3 atom stereocenters. The summed E-state index contributed by atoms with van der Waals surface area (Å²) < 4.78 is 14.8. The highest BCUT2D eigenvalue weighted by molar-refractivity contribution is 5.98. The summed E-state index contributed by atoms with van der Waals surface area (Å²) >= 11 is 0. The van der Waals surface area contributed by atoms with Gasteiger partial charge in [0.15, 0.2) is 5.82 Å². The second-order valence-corrected chi connectivity index (χ2v) is 8.80. The smallest absolute Gasteiger partial charge is 0.407 e. The van der Waals surface area contributed by atoms with Gasteiger partial charge in [-0.3, -0.25) is 9.48 Å². The molecule has 4 N–H and O–H groups in total. The Morgan fingerprint density at radius 2 is 1.92 bits per heavy atom. The van der Waals surface area contributed by atoms with Crippen molar-refractivity contribution in [2.24, 2.45) is 11.7 Å². The number of benzene rings is 2. The zero-order valence-electron chi connectivity index (χ0n) is 19.5. The number of hydrogen-bond acceptors (Lipinski definition) is 5. The minimum atomic E-state index is -1.06. The molecule has 3 unspecified atom stereocenters. The minimum Gasteiger partial charge on any atom is -0.465 e. The second kappa shape index (κ2) is 10.9. The Morgan fingerprint density at radius 3 is 2.56 bits per heavy atom. The van der Waals surface area contributed by atoms with Crippen molar-refractivity contribution >= 4 is 23.5 Å². The van der Waals surface area contributed by atoms with Crippen molar-refractivity contribution in [1.82, 2.24) is 14.7 Å². The van der Waals surface area contributed by atoms with Gasteiger partial charge < -0.3 is 21.1 Å². The number of carbonyl (C=O) groups excluding carboxylic acids is 1. The fraction of sp³-hybridized carbons (Fsp3) is 0.308. The lowest BCUT2D eigenvalue weighted by Gasteiger charge is -2.41. The van der Waals surface area contributed by atoms with Crippen LogP contribution in [-0.2, 0) is 6.42 Å². The molecule has 1 aromatic heterocycles. The first-order valence-corrected chi connectivity index (χ1v) is 11.7. The number of aromatic nitrogens is 2. The average Bonchev–Trinajstić information content (AvgIpc) is 3.29. The van der Waals surface area contributed by atoms with Crippen molar-refractivity contribution in [3.63, 3.8) is 0 Å². The van der Waals surface area contributed by atoms with E-state index in [2.05, 4.69) is 16.5 Å². The van der Waals surface area contributed by atoms with Crippen LogP contribution in [0.2, 0.25) is 0 Å². The highest BCUT2D eigenvalue weighted by Gasteiger charge is 2.41. The van der Waals surface area contributed by atoms with Gasteiger partial charge >= 0.3 is 6.09 Å². The molecule has 0 bridgehead atoms. The maximum atomic E-state index is 13.3. The number of amides is 2. The number of nitrogens with two attached hydrogens (primary N) is 1. The molecule has 1 aliphatic heterocycles. The van der Waals surface area contributed by atoms with Gasteiger partial charge in [0.25, 0.3) is 5.91 Å². The number of primary amides is 1. The third-order valence-electron chi connectivity index (χ3n) is 6.54. The quantitative estimate of drug-likeness (QED) is 0.430. The Hall–Kier alpha value is -4.39. The Labute approximate surface area is 207 Å². The van der Waals surface area contributed by atoms with Crippen LogP contribution in [0.1, 0.15) is 41.2 Å². The van der Waals surface area contributed by atoms with Crippen molar-refractivity contribution in [3.05, 3.63) is 77.7 Å². The number of anilines is 2. The number of nitriles is 1. The Bertz CT molecular complexity index is 1250. The normalized spacial score (nSPS) is 19.4. The largest absolute Gasteiger partial charge is 0.465 e. The number of carbonyl (C=O) groups is 2. The van der Waals surface area contributed by atoms with Crippen LogP contribution < -0.4 is 11.1 Å². The number of nitrogens with zero attached hydrogens (tertiary/aromatic N) is 4. The molecule has 0 saturated carbocycles. The van der Waals surface area contributed by atoms with Crippen molar-refractivity contribution in [1.29, 1.82) is 5.26 Å². The highest BCUT2D eigenvalue weighted by atomic mass is 19.1. The van der Waals surface area contributed by atoms with Gasteiger partial charge in [-0.1, -0.05) is 30.3 Å². The van der Waals surface area contributed by atoms with Gasteiger partial charge in [0.2, 0.25) is 0 Å². The summed E-state index contributed by atoms with van der Waals surface area (Å²) in [7, 11) is 0. The zero-order valence-corrected chi connectivity index (χ0v) is 19.5. The molecule has 2 heterocycles. The SMILES string of the molecule is N#CC1C(CCCc2ccccc2)N(C(=O)O)CCC1n1cc(C(N)=O)c(Nc2ccc(F)cc2)n1. The third kappa shape index (κ3) is 5.46. The summed E-state index contributed by atoms with van der Waals surface area (Å²) in [5.74, 6) is -1.60. The molecule has 9 nitrogen and oxygen atoms in total. The first-order valence-electron chi connectivity index (χ1n) is 11.7. The fourth-order valence-electron chi connectivity index (χ4n) is 4.77. The molecular weight excluding hydrogens is 463 g/mol. The summed E-state index contributed by atoms with van der Waals surface area (Å²) in [6.45, 7) is 0.237. The van der Waals surface area contributed by atoms with Crippen LogP contribution in [-0.4, -0.2) is 44.4 Å². The second-order valence-electron chi connectivity index (χ2n) is 8.80. The molecular formula is C26H27FN6O3. The van der Waals surface area contributed by atoms with E-state index in [0.717, 1.165) is 12.0 Å². The number of halogens is 1. The first kappa shape index (κ1) is 24.7. The molecule has 4 rings (SSSR count). The number of rotatable bonds is 8. The van der Waals surface area contributed by atoms with Crippen LogP contribution in [0.25, 0.3) is 0 Å². The van der Waals surface area contributed by atoms with E-state index in [9.17, 15) is 24.3 Å². The van der Waals surface area contributed by atoms with Crippen LogP contribution >= 0.6 is 0 Å². The lowest BCUT2D eigenvalue weighted by molar-refractivity contribution is 0.0623. The maximum Gasteiger partial charge on any atom is 0.407 e. The Kier molecular flexibility index (Phi) is 7.49. The number of likely N-dealkylation sites (tertiary alicyclic amines) is 1. The average molecular weight is 491 g/mol. The number of carboxylic acid groups (broad SMARTS) is 1. The lowest BCUT2D eigenvalue weighted by atomic mass is 9.83. The van der Waals surface area contributed by atoms with Crippen LogP contribution in [0.4, 0.5) is 20.7 Å². The van der Waals surface area contributed by atoms with Crippen molar-refractivity contribution in [2.45, 2.75) is 37.8 Å². The van der Waals surface area contributed by atoms with Gasteiger partial charge in [-0.05, 0) is 55.5 Å². The summed E-state index contributed by atoms with van der Waals surface area (Å²) in [6.07, 6.45) is 2.78. The molecule has 1 saturated heterocycles.